The summed E-state index contributed by atoms with van der Waals surface area (Å²) in [6.07, 6.45) is 5.08. The fourth-order valence-corrected chi connectivity index (χ4v) is 3.30. The lowest BCUT2D eigenvalue weighted by Gasteiger charge is -2.29. The van der Waals surface area contributed by atoms with Gasteiger partial charge in [-0.15, -0.1) is 0 Å². The number of pyridine rings is 1. The highest BCUT2D eigenvalue weighted by atomic mass is 79.9. The predicted octanol–water partition coefficient (Wildman–Crippen LogP) is 4.13. The number of halogens is 1. The van der Waals surface area contributed by atoms with Gasteiger partial charge in [-0.3, -0.25) is 4.79 Å². The van der Waals surface area contributed by atoms with Crippen LogP contribution in [0, 0.1) is 11.3 Å². The van der Waals surface area contributed by atoms with Gasteiger partial charge >= 0.3 is 0 Å². The van der Waals surface area contributed by atoms with Crippen molar-refractivity contribution in [2.45, 2.75) is 40.0 Å². The zero-order chi connectivity index (χ0) is 14.8. The molecule has 0 saturated carbocycles. The molecule has 0 aliphatic carbocycles. The van der Waals surface area contributed by atoms with Crippen LogP contribution >= 0.6 is 15.9 Å². The Kier molecular flexibility index (Phi) is 4.84. The van der Waals surface area contributed by atoms with E-state index in [9.17, 15) is 4.79 Å². The van der Waals surface area contributed by atoms with Gasteiger partial charge in [0.2, 0.25) is 0 Å². The maximum absolute atomic E-state index is 12.6. The summed E-state index contributed by atoms with van der Waals surface area (Å²) in [4.78, 5) is 18.7. The van der Waals surface area contributed by atoms with E-state index in [1.54, 1.807) is 6.20 Å². The Morgan fingerprint density at radius 2 is 2.10 bits per heavy atom. The molecule has 3 nitrogen and oxygen atoms in total. The van der Waals surface area contributed by atoms with Gasteiger partial charge in [0, 0.05) is 19.3 Å². The molecule has 1 fully saturated rings. The Hall–Kier alpha value is -0.900. The van der Waals surface area contributed by atoms with Crippen molar-refractivity contribution in [1.82, 2.24) is 9.88 Å². The molecular weight excluding hydrogens is 316 g/mol. The van der Waals surface area contributed by atoms with Crippen molar-refractivity contribution in [2.75, 3.05) is 13.1 Å². The average Bonchev–Trinajstić information content (AvgIpc) is 2.63. The predicted molar refractivity (Wildman–Crippen MR) is 84.6 cm³/mol. The molecule has 1 aliphatic rings. The van der Waals surface area contributed by atoms with E-state index in [1.165, 1.54) is 6.42 Å². The number of carbonyl (C=O) groups excluding carboxylic acids is 1. The molecule has 1 unspecified atom stereocenters. The number of hydrogen-bond donors (Lipinski definition) is 0. The highest BCUT2D eigenvalue weighted by Gasteiger charge is 2.29. The van der Waals surface area contributed by atoms with Gasteiger partial charge in [-0.1, -0.05) is 20.8 Å². The second-order valence-corrected chi connectivity index (χ2v) is 7.38. The molecule has 1 amide bonds. The topological polar surface area (TPSA) is 33.2 Å². The lowest BCUT2D eigenvalue weighted by Crippen LogP contribution is -2.32. The molecule has 2 heterocycles. The zero-order valence-electron chi connectivity index (χ0n) is 12.5. The molecule has 1 atom stereocenters. The molecule has 1 saturated heterocycles. The lowest BCUT2D eigenvalue weighted by molar-refractivity contribution is 0.0754. The third-order valence-electron chi connectivity index (χ3n) is 4.23. The van der Waals surface area contributed by atoms with Gasteiger partial charge in [0.25, 0.3) is 5.91 Å². The van der Waals surface area contributed by atoms with Gasteiger partial charge in [-0.2, -0.15) is 0 Å². The monoisotopic (exact) mass is 338 g/mol. The third kappa shape index (κ3) is 3.60. The fourth-order valence-electron chi connectivity index (χ4n) is 2.88. The van der Waals surface area contributed by atoms with Crippen LogP contribution in [-0.4, -0.2) is 28.9 Å². The fraction of sp³-hybridized carbons (Fsp3) is 0.625. The number of nitrogens with zero attached hydrogens (tertiary/aromatic N) is 2. The average molecular weight is 339 g/mol. The van der Waals surface area contributed by atoms with Gasteiger partial charge in [-0.25, -0.2) is 4.98 Å². The summed E-state index contributed by atoms with van der Waals surface area (Å²) in [5.41, 5.74) is 0.996. The smallest absolute Gasteiger partial charge is 0.256 e. The van der Waals surface area contributed by atoms with Gasteiger partial charge in [0.05, 0.1) is 5.56 Å². The van der Waals surface area contributed by atoms with Crippen LogP contribution in [0.3, 0.4) is 0 Å². The standard InChI is InChI=1S/C16H23BrN2O/c1-16(2,3)12-6-5-10-19(11-8-12)15(20)13-7-4-9-18-14(13)17/h4,7,9,12H,5-6,8,10-11H2,1-3H3. The lowest BCUT2D eigenvalue weighted by atomic mass is 9.77. The largest absolute Gasteiger partial charge is 0.339 e. The van der Waals surface area contributed by atoms with Crippen molar-refractivity contribution in [3.8, 4) is 0 Å². The molecule has 110 valence electrons. The van der Waals surface area contributed by atoms with Crippen LogP contribution in [0.25, 0.3) is 0 Å². The molecule has 0 bridgehead atoms. The van der Waals surface area contributed by atoms with E-state index in [2.05, 4.69) is 41.7 Å². The van der Waals surface area contributed by atoms with Crippen LogP contribution in [0.4, 0.5) is 0 Å². The zero-order valence-corrected chi connectivity index (χ0v) is 14.1. The van der Waals surface area contributed by atoms with E-state index in [0.717, 1.165) is 25.9 Å². The molecule has 0 spiro atoms. The summed E-state index contributed by atoms with van der Waals surface area (Å²) in [6.45, 7) is 8.60. The maximum atomic E-state index is 12.6. The van der Waals surface area contributed by atoms with Gasteiger partial charge in [-0.05, 0) is 58.7 Å². The minimum Gasteiger partial charge on any atom is -0.339 e. The van der Waals surface area contributed by atoms with E-state index in [1.807, 2.05) is 17.0 Å². The summed E-state index contributed by atoms with van der Waals surface area (Å²) in [7, 11) is 0. The number of carbonyl (C=O) groups is 1. The molecule has 1 aromatic heterocycles. The number of aromatic nitrogens is 1. The van der Waals surface area contributed by atoms with Crippen molar-refractivity contribution in [2.24, 2.45) is 11.3 Å². The molecule has 0 aromatic carbocycles. The number of likely N-dealkylation sites (tertiary alicyclic amines) is 1. The minimum absolute atomic E-state index is 0.0968. The summed E-state index contributed by atoms with van der Waals surface area (Å²) in [6, 6.07) is 3.65. The highest BCUT2D eigenvalue weighted by molar-refractivity contribution is 9.10. The van der Waals surface area contributed by atoms with Crippen molar-refractivity contribution in [3.05, 3.63) is 28.5 Å². The quantitative estimate of drug-likeness (QED) is 0.721. The Balaban J connectivity index is 2.08. The molecular formula is C16H23BrN2O. The second kappa shape index (κ2) is 6.25. The van der Waals surface area contributed by atoms with Crippen molar-refractivity contribution < 1.29 is 4.79 Å². The molecule has 20 heavy (non-hydrogen) atoms. The Morgan fingerprint density at radius 3 is 2.75 bits per heavy atom. The van der Waals surface area contributed by atoms with Crippen LogP contribution in [-0.2, 0) is 0 Å². The number of hydrogen-bond acceptors (Lipinski definition) is 2. The third-order valence-corrected chi connectivity index (χ3v) is 4.86. The van der Waals surface area contributed by atoms with Crippen molar-refractivity contribution in [3.63, 3.8) is 0 Å². The summed E-state index contributed by atoms with van der Waals surface area (Å²) in [5, 5.41) is 0. The normalized spacial score (nSPS) is 20.6. The van der Waals surface area contributed by atoms with E-state index >= 15 is 0 Å². The Labute approximate surface area is 129 Å². The van der Waals surface area contributed by atoms with Crippen LogP contribution in [0.1, 0.15) is 50.4 Å². The van der Waals surface area contributed by atoms with Crippen LogP contribution in [0.5, 0.6) is 0 Å². The molecule has 1 aliphatic heterocycles. The van der Waals surface area contributed by atoms with Crippen molar-refractivity contribution >= 4 is 21.8 Å². The van der Waals surface area contributed by atoms with E-state index in [-0.39, 0.29) is 5.91 Å². The van der Waals surface area contributed by atoms with Gasteiger partial charge < -0.3 is 4.90 Å². The first kappa shape index (κ1) is 15.5. The van der Waals surface area contributed by atoms with E-state index in [4.69, 9.17) is 0 Å². The Morgan fingerprint density at radius 1 is 1.35 bits per heavy atom. The van der Waals surface area contributed by atoms with Crippen molar-refractivity contribution in [1.29, 1.82) is 0 Å². The first-order chi connectivity index (χ1) is 9.39. The first-order valence-electron chi connectivity index (χ1n) is 7.29. The summed E-state index contributed by atoms with van der Waals surface area (Å²) in [5.74, 6) is 0.789. The van der Waals surface area contributed by atoms with Gasteiger partial charge in [0.15, 0.2) is 0 Å². The molecule has 0 N–H and O–H groups in total. The van der Waals surface area contributed by atoms with Crippen LogP contribution in [0.15, 0.2) is 22.9 Å². The van der Waals surface area contributed by atoms with E-state index in [0.29, 0.717) is 21.5 Å². The number of amides is 1. The minimum atomic E-state index is 0.0968. The SMILES string of the molecule is CC(C)(C)C1CCCN(C(=O)c2cccnc2Br)CC1. The molecule has 4 heteroatoms. The second-order valence-electron chi connectivity index (χ2n) is 6.63. The van der Waals surface area contributed by atoms with Crippen LogP contribution in [0.2, 0.25) is 0 Å². The highest BCUT2D eigenvalue weighted by Crippen LogP contribution is 2.34. The molecule has 0 radical (unpaired) electrons. The maximum Gasteiger partial charge on any atom is 0.256 e. The first-order valence-corrected chi connectivity index (χ1v) is 8.08. The Bertz CT molecular complexity index is 482. The molecule has 2 rings (SSSR count). The summed E-state index contributed by atoms with van der Waals surface area (Å²) >= 11 is 3.37. The van der Waals surface area contributed by atoms with Gasteiger partial charge in [0.1, 0.15) is 4.60 Å². The molecule has 1 aromatic rings. The number of rotatable bonds is 1. The summed E-state index contributed by atoms with van der Waals surface area (Å²) < 4.78 is 0.640. The van der Waals surface area contributed by atoms with Crippen LogP contribution < -0.4 is 0 Å². The van der Waals surface area contributed by atoms with E-state index < -0.39 is 0 Å².